The van der Waals surface area contributed by atoms with Crippen LogP contribution in [0.25, 0.3) is 0 Å². The predicted molar refractivity (Wildman–Crippen MR) is 129 cm³/mol. The second-order valence-electron chi connectivity index (χ2n) is 7.62. The molecular weight excluding hydrogens is 462 g/mol. The number of nitro groups is 1. The van der Waals surface area contributed by atoms with Gasteiger partial charge in [0.05, 0.1) is 4.92 Å². The number of aliphatic carboxylic acids is 2. The number of unbranched alkanes of at least 4 members (excludes halogenated alkanes) is 1. The number of aryl methyl sites for hydroxylation is 1. The maximum absolute atomic E-state index is 11.9. The van der Waals surface area contributed by atoms with Crippen LogP contribution < -0.4 is 16.6 Å². The molecule has 2 aromatic rings. The number of hydrogen-bond donors (Lipinski definition) is 3. The van der Waals surface area contributed by atoms with Gasteiger partial charge in [-0.1, -0.05) is 19.1 Å². The van der Waals surface area contributed by atoms with Gasteiger partial charge in [0.2, 0.25) is 0 Å². The average molecular weight is 494 g/mol. The van der Waals surface area contributed by atoms with Gasteiger partial charge in [-0.3, -0.25) is 24.0 Å². The fourth-order valence-electron chi connectivity index (χ4n) is 3.12. The summed E-state index contributed by atoms with van der Waals surface area (Å²) in [5.41, 5.74) is 0.548. The Kier molecular flexibility index (Phi) is 11.9. The Morgan fingerprint density at radius 2 is 1.63 bits per heavy atom. The fourth-order valence-corrected chi connectivity index (χ4v) is 3.12. The standard InChI is InChI=1S/C20H29N5O4.C2H2O4/c1-4-24(13-6-5-7-16-8-10-17(11-9-16)25(28)29)14-12-21-18-15-19(26)23(3)20(27)22(18)2;3-1(4)2(5)6/h8-11,15,21H,4-7,12-14H2,1-3H3;(H,3,4)(H,5,6). The third-order valence-corrected chi connectivity index (χ3v) is 5.23. The first-order valence-corrected chi connectivity index (χ1v) is 10.9. The molecule has 1 aromatic heterocycles. The van der Waals surface area contributed by atoms with Crippen LogP contribution in [0, 0.1) is 10.1 Å². The molecule has 2 rings (SSSR count). The number of rotatable bonds is 11. The first-order chi connectivity index (χ1) is 16.5. The number of carbonyl (C=O) groups is 2. The molecule has 35 heavy (non-hydrogen) atoms. The van der Waals surface area contributed by atoms with Gasteiger partial charge in [-0.25, -0.2) is 14.4 Å². The normalized spacial score (nSPS) is 10.4. The number of nitro benzene ring substituents is 1. The lowest BCUT2D eigenvalue weighted by Gasteiger charge is -2.21. The molecule has 0 unspecified atom stereocenters. The molecule has 0 spiro atoms. The highest BCUT2D eigenvalue weighted by Crippen LogP contribution is 2.13. The van der Waals surface area contributed by atoms with E-state index in [0.717, 1.165) is 49.0 Å². The van der Waals surface area contributed by atoms with Gasteiger partial charge in [0.25, 0.3) is 11.2 Å². The van der Waals surface area contributed by atoms with Gasteiger partial charge >= 0.3 is 17.6 Å². The molecule has 13 nitrogen and oxygen atoms in total. The van der Waals surface area contributed by atoms with Gasteiger partial charge in [-0.2, -0.15) is 0 Å². The Labute approximate surface area is 201 Å². The molecule has 0 bridgehead atoms. The zero-order valence-electron chi connectivity index (χ0n) is 20.0. The number of benzene rings is 1. The maximum atomic E-state index is 11.9. The summed E-state index contributed by atoms with van der Waals surface area (Å²) in [6.07, 6.45) is 2.92. The average Bonchev–Trinajstić information content (AvgIpc) is 2.82. The lowest BCUT2D eigenvalue weighted by molar-refractivity contribution is -0.384. The summed E-state index contributed by atoms with van der Waals surface area (Å²) in [6, 6.07) is 8.15. The van der Waals surface area contributed by atoms with Crippen LogP contribution >= 0.6 is 0 Å². The largest absolute Gasteiger partial charge is 0.473 e. The fraction of sp³-hybridized carbons (Fsp3) is 0.455. The molecule has 0 aliphatic rings. The monoisotopic (exact) mass is 493 g/mol. The van der Waals surface area contributed by atoms with E-state index < -0.39 is 11.9 Å². The molecule has 13 heteroatoms. The zero-order valence-corrected chi connectivity index (χ0v) is 20.0. The third kappa shape index (κ3) is 9.80. The van der Waals surface area contributed by atoms with Gasteiger partial charge in [-0.15, -0.1) is 0 Å². The van der Waals surface area contributed by atoms with Crippen LogP contribution in [0.15, 0.2) is 39.9 Å². The smallest absolute Gasteiger partial charge is 0.414 e. The van der Waals surface area contributed by atoms with Crippen molar-refractivity contribution < 1.29 is 24.7 Å². The highest BCUT2D eigenvalue weighted by Gasteiger charge is 2.08. The van der Waals surface area contributed by atoms with Gasteiger partial charge in [0.15, 0.2) is 0 Å². The molecular formula is C22H31N5O8. The molecule has 0 aliphatic heterocycles. The molecule has 0 atom stereocenters. The summed E-state index contributed by atoms with van der Waals surface area (Å²) < 4.78 is 2.51. The predicted octanol–water partition coefficient (Wildman–Crippen LogP) is 0.905. The molecule has 0 saturated carbocycles. The van der Waals surface area contributed by atoms with E-state index in [2.05, 4.69) is 17.1 Å². The van der Waals surface area contributed by atoms with E-state index in [-0.39, 0.29) is 21.9 Å². The number of aromatic nitrogens is 2. The molecule has 0 radical (unpaired) electrons. The summed E-state index contributed by atoms with van der Waals surface area (Å²) in [4.78, 5) is 54.5. The lowest BCUT2D eigenvalue weighted by Crippen LogP contribution is -2.38. The van der Waals surface area contributed by atoms with Crippen molar-refractivity contribution in [2.75, 3.05) is 31.5 Å². The maximum Gasteiger partial charge on any atom is 0.414 e. The first kappa shape index (κ1) is 29.0. The minimum absolute atomic E-state index is 0.118. The van der Waals surface area contributed by atoms with E-state index in [1.165, 1.54) is 17.7 Å². The van der Waals surface area contributed by atoms with Crippen molar-refractivity contribution in [3.05, 3.63) is 66.8 Å². The summed E-state index contributed by atoms with van der Waals surface area (Å²) in [5, 5.41) is 28.6. The number of hydrogen-bond acceptors (Lipinski definition) is 8. The van der Waals surface area contributed by atoms with Crippen LogP contribution in [-0.4, -0.2) is 67.3 Å². The number of nitrogens with one attached hydrogen (secondary N) is 1. The van der Waals surface area contributed by atoms with Crippen molar-refractivity contribution in [2.24, 2.45) is 14.1 Å². The quantitative estimate of drug-likeness (QED) is 0.176. The number of non-ortho nitro benzene ring substituents is 1. The molecule has 1 heterocycles. The van der Waals surface area contributed by atoms with Crippen LogP contribution in [0.5, 0.6) is 0 Å². The first-order valence-electron chi connectivity index (χ1n) is 10.9. The van der Waals surface area contributed by atoms with Crippen molar-refractivity contribution in [3.8, 4) is 0 Å². The second kappa shape index (κ2) is 14.3. The highest BCUT2D eigenvalue weighted by atomic mass is 16.6. The van der Waals surface area contributed by atoms with Crippen molar-refractivity contribution >= 4 is 23.4 Å². The number of nitrogens with zero attached hydrogens (tertiary/aromatic N) is 4. The molecule has 0 aliphatic carbocycles. The number of carboxylic acid groups (broad SMARTS) is 2. The molecule has 0 fully saturated rings. The SMILES string of the molecule is CCN(CCCCc1ccc([N+](=O)[O-])cc1)CCNc1cc(=O)n(C)c(=O)n1C.O=C(O)C(=O)O. The number of anilines is 1. The Morgan fingerprint density at radius 1 is 1.03 bits per heavy atom. The van der Waals surface area contributed by atoms with Crippen molar-refractivity contribution in [3.63, 3.8) is 0 Å². The minimum atomic E-state index is -1.82. The van der Waals surface area contributed by atoms with Crippen molar-refractivity contribution in [1.82, 2.24) is 14.0 Å². The second-order valence-corrected chi connectivity index (χ2v) is 7.62. The van der Waals surface area contributed by atoms with Crippen molar-refractivity contribution in [2.45, 2.75) is 26.2 Å². The molecule has 0 amide bonds. The highest BCUT2D eigenvalue weighted by molar-refractivity contribution is 6.27. The van der Waals surface area contributed by atoms with Crippen LogP contribution in [0.3, 0.4) is 0 Å². The Morgan fingerprint density at radius 3 is 2.14 bits per heavy atom. The van der Waals surface area contributed by atoms with Gasteiger partial charge in [0, 0.05) is 45.4 Å². The molecule has 192 valence electrons. The minimum Gasteiger partial charge on any atom is -0.473 e. The number of likely N-dealkylation sites (N-methyl/N-ethyl adjacent to an activating group) is 1. The van der Waals surface area contributed by atoms with Crippen molar-refractivity contribution in [1.29, 1.82) is 0 Å². The Hall–Kier alpha value is -4.00. The van der Waals surface area contributed by atoms with Crippen LogP contribution in [0.2, 0.25) is 0 Å². The van der Waals surface area contributed by atoms with E-state index in [4.69, 9.17) is 19.8 Å². The van der Waals surface area contributed by atoms with Crippen LogP contribution in [0.4, 0.5) is 11.5 Å². The van der Waals surface area contributed by atoms with E-state index in [1.807, 2.05) is 12.1 Å². The molecule has 0 saturated heterocycles. The van der Waals surface area contributed by atoms with Crippen LogP contribution in [-0.2, 0) is 30.1 Å². The lowest BCUT2D eigenvalue weighted by atomic mass is 10.1. The summed E-state index contributed by atoms with van der Waals surface area (Å²) in [7, 11) is 3.10. The van der Waals surface area contributed by atoms with Gasteiger partial charge < -0.3 is 20.4 Å². The van der Waals surface area contributed by atoms with E-state index in [9.17, 15) is 19.7 Å². The van der Waals surface area contributed by atoms with E-state index in [1.54, 1.807) is 19.2 Å². The summed E-state index contributed by atoms with van der Waals surface area (Å²) in [5.74, 6) is -3.13. The topological polar surface area (TPSA) is 177 Å². The summed E-state index contributed by atoms with van der Waals surface area (Å²) in [6.45, 7) is 5.40. The van der Waals surface area contributed by atoms with Gasteiger partial charge in [0.1, 0.15) is 5.82 Å². The van der Waals surface area contributed by atoms with Crippen LogP contribution in [0.1, 0.15) is 25.3 Å². The Bertz CT molecular complexity index is 1110. The number of carboxylic acids is 2. The van der Waals surface area contributed by atoms with Gasteiger partial charge in [-0.05, 0) is 37.9 Å². The Balaban J connectivity index is 0.000000905. The molecule has 1 aromatic carbocycles. The third-order valence-electron chi connectivity index (χ3n) is 5.23. The zero-order chi connectivity index (χ0) is 26.5. The van der Waals surface area contributed by atoms with E-state index in [0.29, 0.717) is 12.4 Å². The summed E-state index contributed by atoms with van der Waals surface area (Å²) >= 11 is 0. The molecule has 3 N–H and O–H groups in total. The van der Waals surface area contributed by atoms with E-state index >= 15 is 0 Å².